The van der Waals surface area contributed by atoms with E-state index in [0.29, 0.717) is 30.4 Å². The van der Waals surface area contributed by atoms with E-state index in [9.17, 15) is 8.42 Å². The third kappa shape index (κ3) is 4.32. The molecule has 1 aromatic carbocycles. The Hall–Kier alpha value is -3.92. The molecule has 0 fully saturated rings. The van der Waals surface area contributed by atoms with Crippen molar-refractivity contribution >= 4 is 21.7 Å². The number of nitrogens with zero attached hydrogens (tertiary/aromatic N) is 6. The van der Waals surface area contributed by atoms with Gasteiger partial charge in [0.1, 0.15) is 11.6 Å². The van der Waals surface area contributed by atoms with Gasteiger partial charge in [0.15, 0.2) is 11.6 Å². The highest BCUT2D eigenvalue weighted by Crippen LogP contribution is 2.33. The maximum absolute atomic E-state index is 12.8. The lowest BCUT2D eigenvalue weighted by atomic mass is 9.99. The molecular formula is C24H23N7O2S. The molecule has 3 aromatic heterocycles. The summed E-state index contributed by atoms with van der Waals surface area (Å²) in [6.45, 7) is 4.67. The van der Waals surface area contributed by atoms with Crippen molar-refractivity contribution in [2.45, 2.75) is 31.2 Å². The minimum atomic E-state index is -3.73. The molecule has 1 atom stereocenters. The zero-order valence-electron chi connectivity index (χ0n) is 18.8. The summed E-state index contributed by atoms with van der Waals surface area (Å²) in [6, 6.07) is 13.7. The molecule has 0 radical (unpaired) electrons. The Balaban J connectivity index is 1.42. The SMILES string of the molecule is Cc1cc(NS(=O)(=O)c2ccccc2)nc(N2CCc3nc(-c4ncccn4)ncc3C2C)c1. The zero-order chi connectivity index (χ0) is 23.7. The lowest BCUT2D eigenvalue weighted by molar-refractivity contribution is 0.599. The summed E-state index contributed by atoms with van der Waals surface area (Å²) >= 11 is 0. The number of anilines is 2. The van der Waals surface area contributed by atoms with Crippen LogP contribution in [0, 0.1) is 6.92 Å². The Labute approximate surface area is 198 Å². The van der Waals surface area contributed by atoms with Crippen LogP contribution in [0.4, 0.5) is 11.6 Å². The highest BCUT2D eigenvalue weighted by atomic mass is 32.2. The Kier molecular flexibility index (Phi) is 5.66. The lowest BCUT2D eigenvalue weighted by Gasteiger charge is -2.35. The third-order valence-electron chi connectivity index (χ3n) is 5.72. The molecule has 172 valence electrons. The molecule has 9 nitrogen and oxygen atoms in total. The van der Waals surface area contributed by atoms with E-state index < -0.39 is 10.0 Å². The van der Waals surface area contributed by atoms with Crippen molar-refractivity contribution in [2.24, 2.45) is 0 Å². The molecule has 4 heterocycles. The topological polar surface area (TPSA) is 114 Å². The van der Waals surface area contributed by atoms with Crippen molar-refractivity contribution in [3.05, 3.63) is 83.9 Å². The maximum atomic E-state index is 12.8. The average Bonchev–Trinajstić information content (AvgIpc) is 2.84. The van der Waals surface area contributed by atoms with Crippen LogP contribution in [0.5, 0.6) is 0 Å². The van der Waals surface area contributed by atoms with Gasteiger partial charge in [0.2, 0.25) is 0 Å². The van der Waals surface area contributed by atoms with Crippen LogP contribution < -0.4 is 9.62 Å². The molecule has 0 amide bonds. The molecule has 1 aliphatic heterocycles. The first-order valence-corrected chi connectivity index (χ1v) is 12.4. The quantitative estimate of drug-likeness (QED) is 0.468. The van der Waals surface area contributed by atoms with Gasteiger partial charge >= 0.3 is 0 Å². The fraction of sp³-hybridized carbons (Fsp3) is 0.208. The number of rotatable bonds is 5. The number of aryl methyl sites for hydroxylation is 1. The summed E-state index contributed by atoms with van der Waals surface area (Å²) in [5.74, 6) is 1.98. The predicted molar refractivity (Wildman–Crippen MR) is 129 cm³/mol. The van der Waals surface area contributed by atoms with E-state index >= 15 is 0 Å². The number of hydrogen-bond donors (Lipinski definition) is 1. The van der Waals surface area contributed by atoms with Crippen molar-refractivity contribution in [1.29, 1.82) is 0 Å². The normalized spacial score (nSPS) is 15.6. The molecule has 0 saturated heterocycles. The Morgan fingerprint density at radius 3 is 2.50 bits per heavy atom. The van der Waals surface area contributed by atoms with Crippen LogP contribution in [-0.2, 0) is 16.4 Å². The van der Waals surface area contributed by atoms with E-state index in [-0.39, 0.29) is 16.8 Å². The van der Waals surface area contributed by atoms with Crippen LogP contribution in [0.2, 0.25) is 0 Å². The third-order valence-corrected chi connectivity index (χ3v) is 7.09. The molecule has 4 aromatic rings. The summed E-state index contributed by atoms with van der Waals surface area (Å²) in [5, 5.41) is 0. The van der Waals surface area contributed by atoms with Gasteiger partial charge in [-0.3, -0.25) is 4.72 Å². The summed E-state index contributed by atoms with van der Waals surface area (Å²) in [7, 11) is -3.73. The van der Waals surface area contributed by atoms with Gasteiger partial charge in [0.25, 0.3) is 10.0 Å². The maximum Gasteiger partial charge on any atom is 0.263 e. The highest BCUT2D eigenvalue weighted by Gasteiger charge is 2.28. The van der Waals surface area contributed by atoms with Gasteiger partial charge in [-0.15, -0.1) is 0 Å². The Bertz CT molecular complexity index is 1430. The minimum Gasteiger partial charge on any atom is -0.349 e. The van der Waals surface area contributed by atoms with Crippen LogP contribution in [0.3, 0.4) is 0 Å². The molecule has 0 bridgehead atoms. The van der Waals surface area contributed by atoms with E-state index in [2.05, 4.69) is 36.5 Å². The number of fused-ring (bicyclic) bond motifs is 1. The highest BCUT2D eigenvalue weighted by molar-refractivity contribution is 7.92. The lowest BCUT2D eigenvalue weighted by Crippen LogP contribution is -2.35. The molecule has 1 aliphatic rings. The Morgan fingerprint density at radius 2 is 1.74 bits per heavy atom. The monoisotopic (exact) mass is 473 g/mol. The van der Waals surface area contributed by atoms with Gasteiger partial charge in [-0.25, -0.2) is 33.3 Å². The van der Waals surface area contributed by atoms with Gasteiger partial charge in [-0.05, 0) is 49.7 Å². The van der Waals surface area contributed by atoms with E-state index in [1.807, 2.05) is 19.2 Å². The van der Waals surface area contributed by atoms with Gasteiger partial charge in [-0.1, -0.05) is 18.2 Å². The van der Waals surface area contributed by atoms with E-state index in [1.165, 1.54) is 0 Å². The fourth-order valence-corrected chi connectivity index (χ4v) is 5.06. The van der Waals surface area contributed by atoms with E-state index in [0.717, 1.165) is 16.8 Å². The predicted octanol–water partition coefficient (Wildman–Crippen LogP) is 3.56. The van der Waals surface area contributed by atoms with Crippen molar-refractivity contribution in [3.63, 3.8) is 0 Å². The summed E-state index contributed by atoms with van der Waals surface area (Å²) in [5.41, 5.74) is 2.86. The van der Waals surface area contributed by atoms with Gasteiger partial charge in [0.05, 0.1) is 16.6 Å². The second-order valence-corrected chi connectivity index (χ2v) is 9.78. The van der Waals surface area contributed by atoms with Crippen LogP contribution in [-0.4, -0.2) is 39.9 Å². The molecule has 5 rings (SSSR count). The molecule has 1 unspecified atom stereocenters. The van der Waals surface area contributed by atoms with Crippen molar-refractivity contribution in [3.8, 4) is 11.6 Å². The minimum absolute atomic E-state index is 0.0395. The summed E-state index contributed by atoms with van der Waals surface area (Å²) in [4.78, 5) is 24.6. The van der Waals surface area contributed by atoms with E-state index in [1.54, 1.807) is 54.9 Å². The molecule has 0 spiro atoms. The first-order chi connectivity index (χ1) is 16.4. The number of benzene rings is 1. The van der Waals surface area contributed by atoms with Crippen LogP contribution in [0.15, 0.2) is 72.0 Å². The van der Waals surface area contributed by atoms with Crippen molar-refractivity contribution in [2.75, 3.05) is 16.2 Å². The average molecular weight is 474 g/mol. The van der Waals surface area contributed by atoms with Crippen molar-refractivity contribution in [1.82, 2.24) is 24.9 Å². The van der Waals surface area contributed by atoms with Crippen LogP contribution in [0.1, 0.15) is 29.8 Å². The van der Waals surface area contributed by atoms with E-state index in [4.69, 9.17) is 4.98 Å². The molecule has 0 saturated carbocycles. The second-order valence-electron chi connectivity index (χ2n) is 8.09. The first kappa shape index (κ1) is 21.9. The zero-order valence-corrected chi connectivity index (χ0v) is 19.6. The van der Waals surface area contributed by atoms with Gasteiger partial charge in [0, 0.05) is 37.1 Å². The standard InChI is InChI=1S/C24H23N7O2S/c1-16-13-21(30-34(32,33)18-7-4-3-5-8-18)29-22(14-16)31-12-9-20-19(17(31)2)15-27-24(28-20)23-25-10-6-11-26-23/h3-8,10-11,13-15,17H,9,12H2,1-2H3,(H,29,30). The molecule has 34 heavy (non-hydrogen) atoms. The largest absolute Gasteiger partial charge is 0.349 e. The smallest absolute Gasteiger partial charge is 0.263 e. The number of nitrogens with one attached hydrogen (secondary N) is 1. The molecule has 10 heteroatoms. The van der Waals surface area contributed by atoms with Crippen LogP contribution >= 0.6 is 0 Å². The summed E-state index contributed by atoms with van der Waals surface area (Å²) < 4.78 is 28.2. The van der Waals surface area contributed by atoms with Crippen LogP contribution in [0.25, 0.3) is 11.6 Å². The summed E-state index contributed by atoms with van der Waals surface area (Å²) in [6.07, 6.45) is 5.85. The Morgan fingerprint density at radius 1 is 0.971 bits per heavy atom. The molecule has 0 aliphatic carbocycles. The number of pyridine rings is 1. The fourth-order valence-electron chi connectivity index (χ4n) is 4.04. The molecular weight excluding hydrogens is 450 g/mol. The molecule has 1 N–H and O–H groups in total. The van der Waals surface area contributed by atoms with Gasteiger partial charge < -0.3 is 4.90 Å². The number of hydrogen-bond acceptors (Lipinski definition) is 8. The van der Waals surface area contributed by atoms with Crippen molar-refractivity contribution < 1.29 is 8.42 Å². The van der Waals surface area contributed by atoms with Gasteiger partial charge in [-0.2, -0.15) is 0 Å². The number of aromatic nitrogens is 5. The first-order valence-electron chi connectivity index (χ1n) is 10.9. The second kappa shape index (κ2) is 8.79. The number of sulfonamides is 1.